The van der Waals surface area contributed by atoms with Gasteiger partial charge in [-0.05, 0) is 12.5 Å². The van der Waals surface area contributed by atoms with Crippen LogP contribution >= 0.6 is 0 Å². The van der Waals surface area contributed by atoms with Gasteiger partial charge in [0.15, 0.2) is 0 Å². The van der Waals surface area contributed by atoms with Crippen LogP contribution in [0.15, 0.2) is 23.6 Å². The number of hydrogen-bond donors (Lipinski definition) is 1. The maximum Gasteiger partial charge on any atom is 0.124 e. The van der Waals surface area contributed by atoms with E-state index in [4.69, 9.17) is 5.84 Å². The molecule has 5 nitrogen and oxygen atoms in total. The average Bonchev–Trinajstić information content (AvgIpc) is 2.52. The Morgan fingerprint density at radius 3 is 3.00 bits per heavy atom. The molecule has 1 aromatic rings. The van der Waals surface area contributed by atoms with Crippen molar-refractivity contribution in [2.75, 3.05) is 6.67 Å². The molecule has 0 radical (unpaired) electrons. The highest BCUT2D eigenvalue weighted by molar-refractivity contribution is 6.02. The van der Waals surface area contributed by atoms with Crippen LogP contribution in [0, 0.1) is 6.92 Å². The van der Waals surface area contributed by atoms with E-state index in [1.807, 2.05) is 13.1 Å². The summed E-state index contributed by atoms with van der Waals surface area (Å²) in [6.45, 7) is 2.49. The summed E-state index contributed by atoms with van der Waals surface area (Å²) in [7, 11) is 0. The molecule has 1 aliphatic heterocycles. The lowest BCUT2D eigenvalue weighted by molar-refractivity contribution is 0.405. The maximum atomic E-state index is 5.57. The second-order valence-corrected chi connectivity index (χ2v) is 2.98. The standard InChI is InChI=1S/C8H11N5/c1-7-2-11-13(4-7)8-3-10-6-12(9)5-8/h2-5H,6,9H2,1H3. The molecule has 68 valence electrons. The monoisotopic (exact) mass is 177 g/mol. The first kappa shape index (κ1) is 8.00. The minimum Gasteiger partial charge on any atom is -0.295 e. The van der Waals surface area contributed by atoms with E-state index in [1.165, 1.54) is 5.01 Å². The fourth-order valence-electron chi connectivity index (χ4n) is 1.15. The third-order valence-corrected chi connectivity index (χ3v) is 1.74. The Bertz CT molecular complexity index is 362. The number of allylic oxidation sites excluding steroid dienone is 1. The molecule has 13 heavy (non-hydrogen) atoms. The Morgan fingerprint density at radius 2 is 2.38 bits per heavy atom. The van der Waals surface area contributed by atoms with E-state index in [0.29, 0.717) is 6.67 Å². The van der Waals surface area contributed by atoms with Crippen molar-refractivity contribution in [1.82, 2.24) is 14.8 Å². The number of aryl methyl sites for hydroxylation is 1. The predicted octanol–water partition coefficient (Wildman–Crippen LogP) is 0.208. The molecule has 0 bridgehead atoms. The molecule has 1 aliphatic rings. The molecule has 2 heterocycles. The number of nitrogens with two attached hydrogens (primary N) is 1. The van der Waals surface area contributed by atoms with Crippen LogP contribution < -0.4 is 5.84 Å². The van der Waals surface area contributed by atoms with E-state index in [-0.39, 0.29) is 0 Å². The SMILES string of the molecule is Cc1cnn(C2=CN(N)CN=C2)c1. The minimum absolute atomic E-state index is 0.504. The van der Waals surface area contributed by atoms with Crippen LogP contribution in [0.3, 0.4) is 0 Å². The molecule has 0 saturated carbocycles. The molecule has 0 spiro atoms. The Kier molecular flexibility index (Phi) is 1.86. The highest BCUT2D eigenvalue weighted by Crippen LogP contribution is 2.06. The zero-order valence-corrected chi connectivity index (χ0v) is 7.38. The molecule has 2 rings (SSSR count). The molecule has 0 fully saturated rings. The van der Waals surface area contributed by atoms with Crippen LogP contribution in [0.25, 0.3) is 5.70 Å². The molecule has 5 heteroatoms. The average molecular weight is 177 g/mol. The molecule has 0 saturated heterocycles. The van der Waals surface area contributed by atoms with E-state index in [9.17, 15) is 0 Å². The summed E-state index contributed by atoms with van der Waals surface area (Å²) in [5.41, 5.74) is 1.99. The maximum absolute atomic E-state index is 5.57. The van der Waals surface area contributed by atoms with Gasteiger partial charge in [-0.3, -0.25) is 10.0 Å². The first-order valence-corrected chi connectivity index (χ1v) is 4.00. The third kappa shape index (κ3) is 1.59. The van der Waals surface area contributed by atoms with Gasteiger partial charge in [-0.25, -0.2) is 10.5 Å². The second-order valence-electron chi connectivity index (χ2n) is 2.98. The summed E-state index contributed by atoms with van der Waals surface area (Å²) in [6.07, 6.45) is 7.29. The predicted molar refractivity (Wildman–Crippen MR) is 50.6 cm³/mol. The third-order valence-electron chi connectivity index (χ3n) is 1.74. The first-order valence-electron chi connectivity index (χ1n) is 4.00. The van der Waals surface area contributed by atoms with Gasteiger partial charge in [-0.1, -0.05) is 0 Å². The van der Waals surface area contributed by atoms with E-state index in [2.05, 4.69) is 10.1 Å². The minimum atomic E-state index is 0.504. The van der Waals surface area contributed by atoms with Crippen molar-refractivity contribution in [3.63, 3.8) is 0 Å². The zero-order chi connectivity index (χ0) is 9.26. The molecular weight excluding hydrogens is 166 g/mol. The normalized spacial score (nSPS) is 16.2. The molecule has 2 N–H and O–H groups in total. The van der Waals surface area contributed by atoms with Crippen LogP contribution in [0.1, 0.15) is 5.56 Å². The Balaban J connectivity index is 2.31. The highest BCUT2D eigenvalue weighted by atomic mass is 15.4. The topological polar surface area (TPSA) is 59.4 Å². The molecule has 0 atom stereocenters. The van der Waals surface area contributed by atoms with Gasteiger partial charge in [0.05, 0.1) is 18.1 Å². The van der Waals surface area contributed by atoms with E-state index in [1.54, 1.807) is 23.3 Å². The quantitative estimate of drug-likeness (QED) is 0.624. The molecule has 0 amide bonds. The molecule has 1 aromatic heterocycles. The summed E-state index contributed by atoms with van der Waals surface area (Å²) in [5, 5.41) is 5.67. The summed E-state index contributed by atoms with van der Waals surface area (Å²) in [4.78, 5) is 4.07. The van der Waals surface area contributed by atoms with Crippen LogP contribution in [-0.4, -0.2) is 27.7 Å². The van der Waals surface area contributed by atoms with Gasteiger partial charge in [-0.15, -0.1) is 0 Å². The molecule has 0 unspecified atom stereocenters. The van der Waals surface area contributed by atoms with Gasteiger partial charge in [0.25, 0.3) is 0 Å². The number of hydrogen-bond acceptors (Lipinski definition) is 4. The van der Waals surface area contributed by atoms with Crippen LogP contribution in [0.4, 0.5) is 0 Å². The van der Waals surface area contributed by atoms with Crippen molar-refractivity contribution in [1.29, 1.82) is 0 Å². The second kappa shape index (κ2) is 3.02. The lowest BCUT2D eigenvalue weighted by Gasteiger charge is -2.16. The van der Waals surface area contributed by atoms with Crippen LogP contribution in [0.5, 0.6) is 0 Å². The van der Waals surface area contributed by atoms with Crippen molar-refractivity contribution in [3.8, 4) is 0 Å². The van der Waals surface area contributed by atoms with Gasteiger partial charge < -0.3 is 0 Å². The van der Waals surface area contributed by atoms with Crippen molar-refractivity contribution < 1.29 is 0 Å². The lowest BCUT2D eigenvalue weighted by Crippen LogP contribution is -2.28. The van der Waals surface area contributed by atoms with Crippen molar-refractivity contribution in [2.45, 2.75) is 6.92 Å². The zero-order valence-electron chi connectivity index (χ0n) is 7.38. The number of aliphatic imine (C=N–C) groups is 1. The lowest BCUT2D eigenvalue weighted by atomic mass is 10.4. The summed E-state index contributed by atoms with van der Waals surface area (Å²) in [5.74, 6) is 5.57. The van der Waals surface area contributed by atoms with Gasteiger partial charge in [-0.2, -0.15) is 5.10 Å². The molecular formula is C8H11N5. The molecule has 0 aromatic carbocycles. The van der Waals surface area contributed by atoms with E-state index < -0.39 is 0 Å². The Morgan fingerprint density at radius 1 is 1.54 bits per heavy atom. The van der Waals surface area contributed by atoms with Gasteiger partial charge in [0, 0.05) is 12.4 Å². The van der Waals surface area contributed by atoms with Gasteiger partial charge in [0.2, 0.25) is 0 Å². The van der Waals surface area contributed by atoms with Crippen LogP contribution in [0.2, 0.25) is 0 Å². The Hall–Kier alpha value is -1.62. The van der Waals surface area contributed by atoms with E-state index in [0.717, 1.165) is 11.3 Å². The first-order chi connectivity index (χ1) is 6.25. The Labute approximate surface area is 76.1 Å². The number of aromatic nitrogens is 2. The fraction of sp³-hybridized carbons (Fsp3) is 0.250. The van der Waals surface area contributed by atoms with Crippen molar-refractivity contribution >= 4 is 11.9 Å². The van der Waals surface area contributed by atoms with E-state index >= 15 is 0 Å². The number of hydrazine groups is 1. The van der Waals surface area contributed by atoms with Gasteiger partial charge >= 0.3 is 0 Å². The fourth-order valence-corrected chi connectivity index (χ4v) is 1.15. The largest absolute Gasteiger partial charge is 0.295 e. The number of rotatable bonds is 1. The molecule has 0 aliphatic carbocycles. The van der Waals surface area contributed by atoms with Crippen molar-refractivity contribution in [3.05, 3.63) is 24.2 Å². The highest BCUT2D eigenvalue weighted by Gasteiger charge is 2.04. The smallest absolute Gasteiger partial charge is 0.124 e. The number of nitrogens with zero attached hydrogens (tertiary/aromatic N) is 4. The van der Waals surface area contributed by atoms with Gasteiger partial charge in [0.1, 0.15) is 6.67 Å². The summed E-state index contributed by atoms with van der Waals surface area (Å²) >= 11 is 0. The summed E-state index contributed by atoms with van der Waals surface area (Å²) in [6, 6.07) is 0. The van der Waals surface area contributed by atoms with Crippen molar-refractivity contribution in [2.24, 2.45) is 10.8 Å². The van der Waals surface area contributed by atoms with Crippen LogP contribution in [-0.2, 0) is 0 Å². The summed E-state index contributed by atoms with van der Waals surface area (Å²) < 4.78 is 1.75.